The Bertz CT molecular complexity index is 415. The minimum absolute atomic E-state index is 0.241. The Kier molecular flexibility index (Phi) is 2.57. The Balaban J connectivity index is 2.37. The average Bonchev–Trinajstić information content (AvgIpc) is 2.16. The van der Waals surface area contributed by atoms with Gasteiger partial charge >= 0.3 is 5.97 Å². The van der Waals surface area contributed by atoms with Crippen molar-refractivity contribution in [2.75, 3.05) is 6.61 Å². The summed E-state index contributed by atoms with van der Waals surface area (Å²) in [7, 11) is 0. The molecule has 4 heteroatoms. The van der Waals surface area contributed by atoms with Gasteiger partial charge in [0.25, 0.3) is 0 Å². The largest absolute Gasteiger partial charge is 0.492 e. The molecule has 2 rings (SSSR count). The Hall–Kier alpha value is -1.22. The second-order valence-corrected chi connectivity index (χ2v) is 4.20. The standard InChI is InChI=1S/C11H11ClO3/c1-6-2-9(12)4-7-3-8(11(13)14)5-15-10(6)7/h2,4,8H,3,5H2,1H3,(H,13,14)/t8-/m0/s1. The minimum Gasteiger partial charge on any atom is -0.492 e. The van der Waals surface area contributed by atoms with Gasteiger partial charge in [0.2, 0.25) is 0 Å². The van der Waals surface area contributed by atoms with Crippen molar-refractivity contribution in [2.24, 2.45) is 5.92 Å². The maximum Gasteiger partial charge on any atom is 0.310 e. The zero-order valence-electron chi connectivity index (χ0n) is 8.29. The summed E-state index contributed by atoms with van der Waals surface area (Å²) in [5, 5.41) is 9.52. The number of aliphatic carboxylic acids is 1. The van der Waals surface area contributed by atoms with E-state index in [-0.39, 0.29) is 6.61 Å². The molecule has 1 aromatic carbocycles. The molecule has 0 spiro atoms. The molecule has 1 aliphatic heterocycles. The van der Waals surface area contributed by atoms with Crippen LogP contribution in [0, 0.1) is 12.8 Å². The molecule has 3 nitrogen and oxygen atoms in total. The lowest BCUT2D eigenvalue weighted by atomic mass is 9.95. The molecule has 1 heterocycles. The van der Waals surface area contributed by atoms with Crippen LogP contribution in [0.3, 0.4) is 0 Å². The quantitative estimate of drug-likeness (QED) is 0.799. The number of hydrogen-bond acceptors (Lipinski definition) is 2. The van der Waals surface area contributed by atoms with Gasteiger partial charge in [0, 0.05) is 5.02 Å². The van der Waals surface area contributed by atoms with E-state index in [0.717, 1.165) is 16.9 Å². The van der Waals surface area contributed by atoms with Crippen LogP contribution in [0.15, 0.2) is 12.1 Å². The Morgan fingerprint density at radius 3 is 3.00 bits per heavy atom. The average molecular weight is 227 g/mol. The highest BCUT2D eigenvalue weighted by atomic mass is 35.5. The smallest absolute Gasteiger partial charge is 0.310 e. The number of carboxylic acid groups (broad SMARTS) is 1. The molecule has 15 heavy (non-hydrogen) atoms. The molecule has 1 atom stereocenters. The molecule has 0 amide bonds. The van der Waals surface area contributed by atoms with Gasteiger partial charge in [0.15, 0.2) is 0 Å². The molecule has 0 saturated carbocycles. The Morgan fingerprint density at radius 2 is 2.33 bits per heavy atom. The molecule has 0 radical (unpaired) electrons. The van der Waals surface area contributed by atoms with Gasteiger partial charge < -0.3 is 9.84 Å². The number of benzene rings is 1. The predicted octanol–water partition coefficient (Wildman–Crippen LogP) is 2.28. The van der Waals surface area contributed by atoms with Gasteiger partial charge in [-0.3, -0.25) is 4.79 Å². The number of fused-ring (bicyclic) bond motifs is 1. The molecule has 0 saturated heterocycles. The number of hydrogen-bond donors (Lipinski definition) is 1. The van der Waals surface area contributed by atoms with Crippen LogP contribution in [0.25, 0.3) is 0 Å². The van der Waals surface area contributed by atoms with E-state index in [2.05, 4.69) is 0 Å². The van der Waals surface area contributed by atoms with Crippen LogP contribution in [0.2, 0.25) is 5.02 Å². The van der Waals surface area contributed by atoms with E-state index in [9.17, 15) is 4.79 Å². The molecular weight excluding hydrogens is 216 g/mol. The number of aryl methyl sites for hydroxylation is 1. The summed E-state index contributed by atoms with van der Waals surface area (Å²) in [6.07, 6.45) is 0.492. The summed E-state index contributed by atoms with van der Waals surface area (Å²) >= 11 is 5.91. The van der Waals surface area contributed by atoms with Crippen LogP contribution in [-0.2, 0) is 11.2 Å². The summed E-state index contributed by atoms with van der Waals surface area (Å²) in [4.78, 5) is 10.8. The zero-order chi connectivity index (χ0) is 11.0. The van der Waals surface area contributed by atoms with E-state index >= 15 is 0 Å². The van der Waals surface area contributed by atoms with E-state index in [1.54, 1.807) is 6.07 Å². The van der Waals surface area contributed by atoms with E-state index in [1.807, 2.05) is 13.0 Å². The lowest BCUT2D eigenvalue weighted by molar-refractivity contribution is -0.143. The van der Waals surface area contributed by atoms with Crippen molar-refractivity contribution in [3.8, 4) is 5.75 Å². The van der Waals surface area contributed by atoms with Gasteiger partial charge in [-0.25, -0.2) is 0 Å². The second-order valence-electron chi connectivity index (χ2n) is 3.76. The molecule has 0 unspecified atom stereocenters. The molecule has 1 N–H and O–H groups in total. The van der Waals surface area contributed by atoms with Crippen LogP contribution in [0.4, 0.5) is 0 Å². The van der Waals surface area contributed by atoms with Gasteiger partial charge in [-0.2, -0.15) is 0 Å². The fourth-order valence-corrected chi connectivity index (χ4v) is 2.12. The van der Waals surface area contributed by atoms with Gasteiger partial charge in [-0.05, 0) is 36.6 Å². The van der Waals surface area contributed by atoms with Crippen molar-refractivity contribution in [1.82, 2.24) is 0 Å². The fraction of sp³-hybridized carbons (Fsp3) is 0.364. The predicted molar refractivity (Wildman–Crippen MR) is 56.5 cm³/mol. The van der Waals surface area contributed by atoms with Crippen LogP contribution >= 0.6 is 11.6 Å². The molecule has 0 aliphatic carbocycles. The molecule has 1 aromatic rings. The highest BCUT2D eigenvalue weighted by Crippen LogP contribution is 2.33. The first-order valence-corrected chi connectivity index (χ1v) is 5.10. The van der Waals surface area contributed by atoms with Crippen LogP contribution < -0.4 is 4.74 Å². The molecule has 0 aromatic heterocycles. The fourth-order valence-electron chi connectivity index (χ4n) is 1.82. The Morgan fingerprint density at radius 1 is 1.60 bits per heavy atom. The molecule has 0 fully saturated rings. The number of ether oxygens (including phenoxy) is 1. The second kappa shape index (κ2) is 3.74. The minimum atomic E-state index is -0.821. The summed E-state index contributed by atoms with van der Waals surface area (Å²) in [5.74, 6) is -0.495. The van der Waals surface area contributed by atoms with Crippen LogP contribution in [-0.4, -0.2) is 17.7 Å². The van der Waals surface area contributed by atoms with Crippen molar-refractivity contribution in [3.05, 3.63) is 28.3 Å². The molecular formula is C11H11ClO3. The first-order chi connectivity index (χ1) is 7.08. The first kappa shape index (κ1) is 10.3. The first-order valence-electron chi connectivity index (χ1n) is 4.72. The number of halogens is 1. The van der Waals surface area contributed by atoms with Crippen molar-refractivity contribution in [1.29, 1.82) is 0 Å². The normalized spacial score (nSPS) is 19.2. The third kappa shape index (κ3) is 1.92. The van der Waals surface area contributed by atoms with Gasteiger partial charge in [0.1, 0.15) is 12.4 Å². The van der Waals surface area contributed by atoms with Crippen LogP contribution in [0.1, 0.15) is 11.1 Å². The van der Waals surface area contributed by atoms with Crippen molar-refractivity contribution < 1.29 is 14.6 Å². The van der Waals surface area contributed by atoms with Gasteiger partial charge in [-0.1, -0.05) is 11.6 Å². The maximum atomic E-state index is 10.8. The lowest BCUT2D eigenvalue weighted by Gasteiger charge is -2.24. The number of carboxylic acids is 1. The number of rotatable bonds is 1. The van der Waals surface area contributed by atoms with E-state index in [1.165, 1.54) is 0 Å². The van der Waals surface area contributed by atoms with Gasteiger partial charge in [-0.15, -0.1) is 0 Å². The van der Waals surface area contributed by atoms with Crippen molar-refractivity contribution >= 4 is 17.6 Å². The van der Waals surface area contributed by atoms with E-state index in [0.29, 0.717) is 11.4 Å². The maximum absolute atomic E-state index is 10.8. The van der Waals surface area contributed by atoms with Crippen molar-refractivity contribution in [2.45, 2.75) is 13.3 Å². The van der Waals surface area contributed by atoms with E-state index < -0.39 is 11.9 Å². The zero-order valence-corrected chi connectivity index (χ0v) is 9.04. The summed E-state index contributed by atoms with van der Waals surface area (Å²) < 4.78 is 5.44. The number of carbonyl (C=O) groups is 1. The van der Waals surface area contributed by atoms with Gasteiger partial charge in [0.05, 0.1) is 5.92 Å². The third-order valence-corrected chi connectivity index (χ3v) is 2.78. The summed E-state index contributed by atoms with van der Waals surface area (Å²) in [6.45, 7) is 2.15. The van der Waals surface area contributed by atoms with E-state index in [4.69, 9.17) is 21.4 Å². The third-order valence-electron chi connectivity index (χ3n) is 2.56. The van der Waals surface area contributed by atoms with Crippen LogP contribution in [0.5, 0.6) is 5.75 Å². The Labute approximate surface area is 92.6 Å². The molecule has 1 aliphatic rings. The monoisotopic (exact) mass is 226 g/mol. The lowest BCUT2D eigenvalue weighted by Crippen LogP contribution is -2.28. The summed E-state index contributed by atoms with van der Waals surface area (Å²) in [6, 6.07) is 3.60. The summed E-state index contributed by atoms with van der Waals surface area (Å²) in [5.41, 5.74) is 1.85. The molecule has 0 bridgehead atoms. The van der Waals surface area contributed by atoms with Crippen molar-refractivity contribution in [3.63, 3.8) is 0 Å². The highest BCUT2D eigenvalue weighted by Gasteiger charge is 2.26. The SMILES string of the molecule is Cc1cc(Cl)cc2c1OC[C@@H](C(=O)O)C2. The topological polar surface area (TPSA) is 46.5 Å². The highest BCUT2D eigenvalue weighted by molar-refractivity contribution is 6.30. The molecule has 80 valence electrons.